The molecule has 1 aromatic rings. The van der Waals surface area contributed by atoms with Gasteiger partial charge in [0.1, 0.15) is 5.75 Å². The van der Waals surface area contributed by atoms with Gasteiger partial charge in [-0.05, 0) is 118 Å². The molecule has 5 rings (SSSR count). The number of nitrogens with zero attached hydrogens (tertiary/aromatic N) is 2. The van der Waals surface area contributed by atoms with Gasteiger partial charge in [0, 0.05) is 37.7 Å². The number of carbonyl (C=O) groups is 1. The molecule has 7 atom stereocenters. The molecule has 0 N–H and O–H groups in total. The molecule has 0 saturated heterocycles. The maximum absolute atomic E-state index is 13.4. The lowest BCUT2D eigenvalue weighted by Crippen LogP contribution is -2.68. The lowest BCUT2D eigenvalue weighted by Gasteiger charge is -2.52. The lowest BCUT2D eigenvalue weighted by molar-refractivity contribution is -0.457. The van der Waals surface area contributed by atoms with E-state index in [1.54, 1.807) is 19.1 Å². The van der Waals surface area contributed by atoms with Crippen LogP contribution in [-0.2, 0) is 20.7 Å². The van der Waals surface area contributed by atoms with Crippen molar-refractivity contribution in [3.8, 4) is 5.75 Å². The van der Waals surface area contributed by atoms with Crippen LogP contribution in [0.4, 0.5) is 39.5 Å². The largest absolute Gasteiger partial charge is 0.494 e. The zero-order valence-corrected chi connectivity index (χ0v) is 32.7. The topological polar surface area (TPSA) is 51.2 Å². The minimum absolute atomic E-state index is 0.136. The Hall–Kier alpha value is -1.56. The van der Waals surface area contributed by atoms with E-state index in [2.05, 4.69) is 29.9 Å². The Morgan fingerprint density at radius 2 is 1.63 bits per heavy atom. The summed E-state index contributed by atoms with van der Waals surface area (Å²) in [6, 6.07) is 6.33. The van der Waals surface area contributed by atoms with Crippen LogP contribution in [0, 0.1) is 17.3 Å². The number of methoxy groups -OCH3 is 1. The van der Waals surface area contributed by atoms with Crippen LogP contribution in [0.25, 0.3) is 0 Å². The summed E-state index contributed by atoms with van der Waals surface area (Å²) in [7, 11) is 8.53. The van der Waals surface area contributed by atoms with E-state index < -0.39 is 49.7 Å². The van der Waals surface area contributed by atoms with Crippen molar-refractivity contribution in [2.24, 2.45) is 17.3 Å². The van der Waals surface area contributed by atoms with Gasteiger partial charge in [0.05, 0.1) is 25.9 Å². The first-order valence-electron chi connectivity index (χ1n) is 18.6. The van der Waals surface area contributed by atoms with Crippen LogP contribution in [0.3, 0.4) is 0 Å². The number of alkyl halides is 9. The van der Waals surface area contributed by atoms with Crippen LogP contribution in [0.5, 0.6) is 5.75 Å². The molecule has 0 radical (unpaired) electrons. The summed E-state index contributed by atoms with van der Waals surface area (Å²) in [6.45, 7) is 0.133. The van der Waals surface area contributed by atoms with Crippen molar-refractivity contribution in [2.45, 2.75) is 119 Å². The van der Waals surface area contributed by atoms with E-state index >= 15 is 0 Å². The van der Waals surface area contributed by atoms with E-state index in [4.69, 9.17) is 9.47 Å². The van der Waals surface area contributed by atoms with Crippen molar-refractivity contribution < 1.29 is 58.5 Å². The van der Waals surface area contributed by atoms with E-state index in [0.29, 0.717) is 35.7 Å². The highest BCUT2D eigenvalue weighted by molar-refractivity contribution is 8.76. The highest BCUT2D eigenvalue weighted by atomic mass is 33.1. The number of hydrogen-bond acceptors (Lipinski definition) is 7. The van der Waals surface area contributed by atoms with Gasteiger partial charge in [-0.3, -0.25) is 9.69 Å². The highest BCUT2D eigenvalue weighted by Crippen LogP contribution is 2.62. The minimum Gasteiger partial charge on any atom is -0.494 e. The van der Waals surface area contributed by atoms with Crippen LogP contribution in [0.15, 0.2) is 18.2 Å². The normalized spacial score (nSPS) is 28.9. The van der Waals surface area contributed by atoms with E-state index in [-0.39, 0.29) is 11.5 Å². The molecule has 1 aromatic carbocycles. The van der Waals surface area contributed by atoms with Gasteiger partial charge in [0.15, 0.2) is 0 Å². The molecule has 0 aromatic heterocycles. The molecule has 4 aliphatic carbocycles. The van der Waals surface area contributed by atoms with E-state index in [0.717, 1.165) is 74.2 Å². The summed E-state index contributed by atoms with van der Waals surface area (Å²) < 4.78 is 134. The predicted octanol–water partition coefficient (Wildman–Crippen LogP) is 9.46. The first kappa shape index (κ1) is 43.6. The molecular weight excluding hydrogens is 772 g/mol. The summed E-state index contributed by atoms with van der Waals surface area (Å²) in [5, 5.41) is 0.663. The molecule has 4 aliphatic rings. The Bertz CT molecular complexity index is 1390. The molecule has 0 heterocycles. The number of rotatable bonds is 15. The third-order valence-corrected chi connectivity index (χ3v) is 15.4. The van der Waals surface area contributed by atoms with Gasteiger partial charge in [0.2, 0.25) is 5.91 Å². The molecule has 1 amide bonds. The summed E-state index contributed by atoms with van der Waals surface area (Å²) in [5.74, 6) is 2.68. The highest BCUT2D eigenvalue weighted by Gasteiger charge is 2.85. The van der Waals surface area contributed by atoms with Gasteiger partial charge in [-0.15, -0.1) is 0 Å². The Balaban J connectivity index is 1.10. The maximum Gasteiger partial charge on any atom is 0.435 e. The van der Waals surface area contributed by atoms with Crippen molar-refractivity contribution >= 4 is 27.5 Å². The van der Waals surface area contributed by atoms with Gasteiger partial charge < -0.3 is 19.1 Å². The Morgan fingerprint density at radius 1 is 0.926 bits per heavy atom. The number of amides is 1. The Kier molecular flexibility index (Phi) is 13.8. The van der Waals surface area contributed by atoms with Crippen LogP contribution in [0.1, 0.15) is 81.8 Å². The molecule has 3 fully saturated rings. The zero-order valence-electron chi connectivity index (χ0n) is 31.0. The monoisotopic (exact) mass is 822 g/mol. The summed E-state index contributed by atoms with van der Waals surface area (Å²) >= 11 is 0. The average Bonchev–Trinajstić information content (AvgIpc) is 3.69. The number of aryl methyl sites for hydroxylation is 1. The number of ether oxygens (including phenoxy) is 3. The Labute approximate surface area is 319 Å². The molecule has 3 saturated carbocycles. The van der Waals surface area contributed by atoms with Crippen LogP contribution in [0.2, 0.25) is 0 Å². The minimum atomic E-state index is -6.80. The third kappa shape index (κ3) is 8.94. The molecule has 17 heteroatoms. The maximum atomic E-state index is 13.4. The number of carbonyl (C=O) groups excluding carboxylic acids is 1. The predicted molar refractivity (Wildman–Crippen MR) is 191 cm³/mol. The number of halogens is 9. The number of fused-ring (bicyclic) bond motifs is 5. The quantitative estimate of drug-likeness (QED) is 0.0994. The Morgan fingerprint density at radius 3 is 2.28 bits per heavy atom. The van der Waals surface area contributed by atoms with Crippen molar-refractivity contribution in [2.75, 3.05) is 53.3 Å². The number of benzene rings is 1. The SMILES string of the molecule is COC1CCC(SSCCCOc2ccc3c(c2)CCC2C3CC[C@@]3(C)C2CC[C@@H]3N(C)C(=O)CN(C)CCOC(C(F)(F)F)(C(F)(F)F)C(F)(F)F)C1. The standard InChI is InChI=1S/C37H51F9N2O4S2/c1-33-15-14-28-27-11-8-25(51-17-5-19-53-54-26-9-7-24(21-26)50-4)20-23(27)6-10-29(28)30(33)12-13-31(33)48(3)32(49)22-47(2)16-18-52-34(35(38,39)40,36(41,42)43)37(44,45)46/h8,11,20,24,26,28-31H,5-7,9-10,12-19,21-22H2,1-4H3/t24?,26?,28?,29?,30?,31-,33-/m0/s1. The molecule has 6 nitrogen and oxygen atoms in total. The first-order valence-corrected chi connectivity index (χ1v) is 21.0. The smallest absolute Gasteiger partial charge is 0.435 e. The average molecular weight is 823 g/mol. The second kappa shape index (κ2) is 17.1. The van der Waals surface area contributed by atoms with E-state index in [1.165, 1.54) is 24.6 Å². The second-order valence-corrected chi connectivity index (χ2v) is 18.4. The fourth-order valence-corrected chi connectivity index (χ4v) is 12.4. The van der Waals surface area contributed by atoms with E-state index in [1.807, 2.05) is 21.6 Å². The molecule has 0 bridgehead atoms. The molecule has 5 unspecified atom stereocenters. The molecule has 0 spiro atoms. The van der Waals surface area contributed by atoms with Crippen LogP contribution < -0.4 is 4.74 Å². The summed E-state index contributed by atoms with van der Waals surface area (Å²) in [6.07, 6.45) is -10.1. The van der Waals surface area contributed by atoms with Gasteiger partial charge in [0.25, 0.3) is 0 Å². The van der Waals surface area contributed by atoms with Gasteiger partial charge in [-0.2, -0.15) is 39.5 Å². The molecule has 0 aliphatic heterocycles. The van der Waals surface area contributed by atoms with Gasteiger partial charge >= 0.3 is 24.1 Å². The number of hydrogen-bond donors (Lipinski definition) is 0. The van der Waals surface area contributed by atoms with Crippen LogP contribution >= 0.6 is 21.6 Å². The van der Waals surface area contributed by atoms with Gasteiger partial charge in [-0.25, -0.2) is 0 Å². The first-order chi connectivity index (χ1) is 25.2. The van der Waals surface area contributed by atoms with Crippen molar-refractivity contribution in [3.05, 3.63) is 29.3 Å². The van der Waals surface area contributed by atoms with Gasteiger partial charge in [-0.1, -0.05) is 34.6 Å². The molecule has 54 heavy (non-hydrogen) atoms. The van der Waals surface area contributed by atoms with Crippen molar-refractivity contribution in [3.63, 3.8) is 0 Å². The van der Waals surface area contributed by atoms with E-state index in [9.17, 15) is 44.3 Å². The summed E-state index contributed by atoms with van der Waals surface area (Å²) in [4.78, 5) is 16.0. The lowest BCUT2D eigenvalue weighted by atomic mass is 9.55. The van der Waals surface area contributed by atoms with Crippen molar-refractivity contribution in [1.29, 1.82) is 0 Å². The summed E-state index contributed by atoms with van der Waals surface area (Å²) in [5.41, 5.74) is -3.85. The third-order valence-electron chi connectivity index (χ3n) is 12.4. The number of likely N-dealkylation sites (N-methyl/N-ethyl adjacent to an activating group) is 2. The van der Waals surface area contributed by atoms with Crippen molar-refractivity contribution in [1.82, 2.24) is 9.80 Å². The second-order valence-electron chi connectivity index (χ2n) is 15.6. The fraction of sp³-hybridized carbons (Fsp3) is 0.811. The fourth-order valence-electron chi connectivity index (χ4n) is 9.59. The zero-order chi connectivity index (χ0) is 39.7. The molecule has 308 valence electrons. The molecular formula is C37H51F9N2O4S2. The van der Waals surface area contributed by atoms with Crippen LogP contribution in [-0.4, -0.2) is 110 Å².